The zero-order valence-electron chi connectivity index (χ0n) is 15.0. The fourth-order valence-electron chi connectivity index (χ4n) is 4.24. The zero-order chi connectivity index (χ0) is 18.3. The quantitative estimate of drug-likeness (QED) is 0.749. The number of aliphatic hydroxyl groups excluding tert-OH is 1. The first-order valence-corrected chi connectivity index (χ1v) is 9.29. The van der Waals surface area contributed by atoms with Gasteiger partial charge in [-0.05, 0) is 32.3 Å². The van der Waals surface area contributed by atoms with E-state index in [2.05, 4.69) is 15.2 Å². The molecule has 2 unspecified atom stereocenters. The molecule has 2 fully saturated rings. The third-order valence-corrected chi connectivity index (χ3v) is 5.52. The number of aromatic nitrogens is 1. The number of rotatable bonds is 3. The van der Waals surface area contributed by atoms with Gasteiger partial charge in [0, 0.05) is 37.0 Å². The smallest absolute Gasteiger partial charge is 0.325 e. The van der Waals surface area contributed by atoms with Crippen LogP contribution in [0.3, 0.4) is 0 Å². The van der Waals surface area contributed by atoms with Crippen LogP contribution in [0.1, 0.15) is 38.2 Å². The van der Waals surface area contributed by atoms with E-state index in [1.165, 1.54) is 11.3 Å². The second kappa shape index (κ2) is 6.68. The van der Waals surface area contributed by atoms with Crippen LogP contribution in [-0.4, -0.2) is 63.8 Å². The maximum atomic E-state index is 12.6. The molecule has 3 atom stereocenters. The van der Waals surface area contributed by atoms with Crippen LogP contribution >= 0.6 is 0 Å². The molecule has 8 nitrogen and oxygen atoms in total. The monoisotopic (exact) mass is 362 g/mol. The van der Waals surface area contributed by atoms with Crippen molar-refractivity contribution in [1.82, 2.24) is 9.88 Å². The molecule has 2 saturated heterocycles. The molecule has 142 valence electrons. The third-order valence-electron chi connectivity index (χ3n) is 5.52. The summed E-state index contributed by atoms with van der Waals surface area (Å²) < 4.78 is 5.77. The molecular weight excluding hydrogens is 336 g/mol. The van der Waals surface area contributed by atoms with Gasteiger partial charge in [-0.1, -0.05) is 0 Å². The molecular formula is C18H26N4O4. The molecule has 4 rings (SSSR count). The fraction of sp³-hybridized carbons (Fsp3) is 0.667. The largest absolute Gasteiger partial charge is 0.394 e. The highest BCUT2D eigenvalue weighted by atomic mass is 16.5. The topological polar surface area (TPSA) is 98.2 Å². The average Bonchev–Trinajstić information content (AvgIpc) is 2.95. The average molecular weight is 362 g/mol. The molecule has 0 aliphatic carbocycles. The predicted octanol–water partition coefficient (Wildman–Crippen LogP) is 1.28. The highest BCUT2D eigenvalue weighted by Gasteiger charge is 2.49. The van der Waals surface area contributed by atoms with Crippen molar-refractivity contribution in [2.24, 2.45) is 0 Å². The molecule has 8 heteroatoms. The first-order chi connectivity index (χ1) is 12.5. The maximum Gasteiger partial charge on any atom is 0.325 e. The van der Waals surface area contributed by atoms with E-state index < -0.39 is 17.9 Å². The maximum absolute atomic E-state index is 12.6. The summed E-state index contributed by atoms with van der Waals surface area (Å²) in [6.45, 7) is 3.77. The van der Waals surface area contributed by atoms with Gasteiger partial charge in [0.25, 0.3) is 0 Å². The summed E-state index contributed by atoms with van der Waals surface area (Å²) >= 11 is 0. The predicted molar refractivity (Wildman–Crippen MR) is 95.9 cm³/mol. The molecule has 0 radical (unpaired) electrons. The van der Waals surface area contributed by atoms with Crippen molar-refractivity contribution in [3.8, 4) is 0 Å². The van der Waals surface area contributed by atoms with Crippen LogP contribution < -0.4 is 10.2 Å². The molecule has 1 aromatic heterocycles. The van der Waals surface area contributed by atoms with Gasteiger partial charge in [-0.15, -0.1) is 0 Å². The molecule has 1 aromatic rings. The summed E-state index contributed by atoms with van der Waals surface area (Å²) in [6.07, 6.45) is 4.30. The number of hydrogen-bond acceptors (Lipinski definition) is 6. The lowest BCUT2D eigenvalue weighted by Crippen LogP contribution is -2.54. The fourth-order valence-corrected chi connectivity index (χ4v) is 4.24. The minimum Gasteiger partial charge on any atom is -0.394 e. The summed E-state index contributed by atoms with van der Waals surface area (Å²) in [5, 5.41) is 22.9. The summed E-state index contributed by atoms with van der Waals surface area (Å²) in [6, 6.07) is 1.65. The number of aliphatic hydroxyl groups is 2. The van der Waals surface area contributed by atoms with E-state index in [0.29, 0.717) is 12.4 Å². The Kier molecular flexibility index (Phi) is 4.50. The van der Waals surface area contributed by atoms with Gasteiger partial charge in [0.1, 0.15) is 11.4 Å². The Balaban J connectivity index is 1.64. The van der Waals surface area contributed by atoms with Gasteiger partial charge in [0.05, 0.1) is 19.3 Å². The molecule has 2 amide bonds. The second-order valence-corrected chi connectivity index (χ2v) is 7.62. The van der Waals surface area contributed by atoms with Crippen LogP contribution in [0.15, 0.2) is 12.3 Å². The Morgan fingerprint density at radius 1 is 1.38 bits per heavy atom. The van der Waals surface area contributed by atoms with Gasteiger partial charge >= 0.3 is 6.03 Å². The number of piperidine rings is 1. The van der Waals surface area contributed by atoms with Crippen LogP contribution in [0.25, 0.3) is 0 Å². The highest BCUT2D eigenvalue weighted by molar-refractivity contribution is 5.92. The Morgan fingerprint density at radius 3 is 2.85 bits per heavy atom. The first kappa shape index (κ1) is 17.5. The van der Waals surface area contributed by atoms with E-state index in [4.69, 9.17) is 4.74 Å². The van der Waals surface area contributed by atoms with E-state index in [9.17, 15) is 15.0 Å². The van der Waals surface area contributed by atoms with Gasteiger partial charge in [-0.25, -0.2) is 9.78 Å². The Morgan fingerprint density at radius 2 is 2.15 bits per heavy atom. The van der Waals surface area contributed by atoms with Crippen molar-refractivity contribution in [2.75, 3.05) is 29.9 Å². The number of urea groups is 1. The summed E-state index contributed by atoms with van der Waals surface area (Å²) in [7, 11) is 0. The van der Waals surface area contributed by atoms with E-state index in [0.717, 1.165) is 37.2 Å². The highest BCUT2D eigenvalue weighted by Crippen LogP contribution is 2.38. The van der Waals surface area contributed by atoms with Crippen LogP contribution in [0.5, 0.6) is 0 Å². The van der Waals surface area contributed by atoms with Crippen LogP contribution in [0.4, 0.5) is 16.3 Å². The number of fused-ring (bicyclic) bond motifs is 1. The second-order valence-electron chi connectivity index (χ2n) is 7.62. The molecule has 0 saturated carbocycles. The van der Waals surface area contributed by atoms with Crippen molar-refractivity contribution >= 4 is 17.5 Å². The number of amides is 2. The molecule has 26 heavy (non-hydrogen) atoms. The van der Waals surface area contributed by atoms with Gasteiger partial charge in [-0.2, -0.15) is 0 Å². The molecule has 0 spiro atoms. The van der Waals surface area contributed by atoms with Crippen molar-refractivity contribution in [3.05, 3.63) is 17.8 Å². The first-order valence-electron chi connectivity index (χ1n) is 9.29. The molecule has 4 heterocycles. The molecule has 3 aliphatic rings. The number of nitrogens with one attached hydrogen (secondary N) is 1. The van der Waals surface area contributed by atoms with Gasteiger partial charge in [0.15, 0.2) is 6.23 Å². The number of pyridine rings is 1. The van der Waals surface area contributed by atoms with E-state index in [1.54, 1.807) is 13.1 Å². The van der Waals surface area contributed by atoms with Crippen LogP contribution in [0, 0.1) is 0 Å². The lowest BCUT2D eigenvalue weighted by Gasteiger charge is -2.39. The molecule has 3 N–H and O–H groups in total. The lowest BCUT2D eigenvalue weighted by molar-refractivity contribution is -0.113. The van der Waals surface area contributed by atoms with E-state index in [1.807, 2.05) is 6.07 Å². The number of nitrogens with zero attached hydrogens (tertiary/aromatic N) is 3. The van der Waals surface area contributed by atoms with Crippen LogP contribution in [-0.2, 0) is 11.3 Å². The number of anilines is 2. The molecule has 0 aromatic carbocycles. The third kappa shape index (κ3) is 3.02. The van der Waals surface area contributed by atoms with Crippen molar-refractivity contribution < 1.29 is 19.7 Å². The Hall–Kier alpha value is -1.90. The Bertz CT molecular complexity index is 690. The van der Waals surface area contributed by atoms with Gasteiger partial charge in [-0.3, -0.25) is 10.2 Å². The SMILES string of the molecule is C[C@@]1(O)CC(CO)OC1N1Cc2c(N3CCCCC3)ccnc2NC1=O. The summed E-state index contributed by atoms with van der Waals surface area (Å²) in [5.74, 6) is 0.575. The number of ether oxygens (including phenoxy) is 1. The molecule has 3 aliphatic heterocycles. The summed E-state index contributed by atoms with van der Waals surface area (Å²) in [5.41, 5.74) is 0.812. The zero-order valence-corrected chi connectivity index (χ0v) is 15.0. The van der Waals surface area contributed by atoms with Crippen molar-refractivity contribution in [2.45, 2.75) is 57.1 Å². The normalized spacial score (nSPS) is 31.7. The van der Waals surface area contributed by atoms with Gasteiger partial charge in [0.2, 0.25) is 0 Å². The lowest BCUT2D eigenvalue weighted by atomic mass is 9.98. The van der Waals surface area contributed by atoms with E-state index >= 15 is 0 Å². The number of carbonyl (C=O) groups is 1. The van der Waals surface area contributed by atoms with Crippen LogP contribution in [0.2, 0.25) is 0 Å². The van der Waals surface area contributed by atoms with Crippen molar-refractivity contribution in [1.29, 1.82) is 0 Å². The summed E-state index contributed by atoms with van der Waals surface area (Å²) in [4.78, 5) is 20.8. The molecule has 0 bridgehead atoms. The Labute approximate surface area is 152 Å². The standard InChI is InChI=1S/C18H26N4O4/c1-18(25)9-12(11-23)26-16(18)22-10-13-14(21-7-3-2-4-8-21)5-6-19-15(13)20-17(22)24/h5-6,12,16,23,25H,2-4,7-11H2,1H3,(H,19,20,24)/t12?,16?,18-/m1/s1. The minimum absolute atomic E-state index is 0.181. The van der Waals surface area contributed by atoms with Crippen molar-refractivity contribution in [3.63, 3.8) is 0 Å². The van der Waals surface area contributed by atoms with Gasteiger partial charge < -0.3 is 19.8 Å². The number of carbonyl (C=O) groups excluding carboxylic acids is 1. The minimum atomic E-state index is -1.21. The number of hydrogen-bond donors (Lipinski definition) is 3. The van der Waals surface area contributed by atoms with E-state index in [-0.39, 0.29) is 19.1 Å².